The van der Waals surface area contributed by atoms with Crippen LogP contribution in [0.25, 0.3) is 0 Å². The van der Waals surface area contributed by atoms with Crippen LogP contribution in [0, 0.1) is 11.3 Å². The number of nitrogens with zero attached hydrogens (tertiary/aromatic N) is 1. The molecule has 2 atom stereocenters. The fourth-order valence-corrected chi connectivity index (χ4v) is 5.03. The SMILES string of the molecule is CC(c1ccc(Cl)cc1)C(CNS(=O)(=O)Cc1cccc(C(F)(F)F)c1)c1cccc(C#N)c1. The molecule has 1 N–H and O–H groups in total. The number of hydrogen-bond acceptors (Lipinski definition) is 3. The third kappa shape index (κ3) is 6.83. The molecule has 3 aromatic rings. The van der Waals surface area contributed by atoms with E-state index in [4.69, 9.17) is 11.6 Å². The Balaban J connectivity index is 1.84. The highest BCUT2D eigenvalue weighted by Gasteiger charge is 2.31. The molecule has 0 spiro atoms. The van der Waals surface area contributed by atoms with Crippen molar-refractivity contribution in [3.05, 3.63) is 106 Å². The van der Waals surface area contributed by atoms with Crippen molar-refractivity contribution in [2.24, 2.45) is 0 Å². The van der Waals surface area contributed by atoms with Crippen LogP contribution in [0.1, 0.15) is 46.6 Å². The second-order valence-corrected chi connectivity index (χ2v) is 10.2. The molecule has 0 saturated heterocycles. The van der Waals surface area contributed by atoms with Crippen molar-refractivity contribution in [3.63, 3.8) is 0 Å². The van der Waals surface area contributed by atoms with Crippen LogP contribution < -0.4 is 4.72 Å². The van der Waals surface area contributed by atoms with Gasteiger partial charge in [0.05, 0.1) is 22.9 Å². The third-order valence-electron chi connectivity index (χ3n) is 5.58. The molecule has 34 heavy (non-hydrogen) atoms. The lowest BCUT2D eigenvalue weighted by atomic mass is 9.82. The van der Waals surface area contributed by atoms with Gasteiger partial charge in [-0.2, -0.15) is 18.4 Å². The zero-order valence-corrected chi connectivity index (χ0v) is 19.8. The smallest absolute Gasteiger partial charge is 0.214 e. The Kier molecular flexibility index (Phi) is 8.03. The predicted molar refractivity (Wildman–Crippen MR) is 126 cm³/mol. The number of hydrogen-bond donors (Lipinski definition) is 1. The fourth-order valence-electron chi connectivity index (χ4n) is 3.75. The Bertz CT molecular complexity index is 1290. The minimum Gasteiger partial charge on any atom is -0.214 e. The quantitative estimate of drug-likeness (QED) is 0.393. The Labute approximate surface area is 202 Å². The summed E-state index contributed by atoms with van der Waals surface area (Å²) in [5, 5.41) is 9.85. The minimum absolute atomic E-state index is 0.0000299. The maximum Gasteiger partial charge on any atom is 0.416 e. The number of sulfonamides is 1. The van der Waals surface area contributed by atoms with Gasteiger partial charge in [0.1, 0.15) is 0 Å². The van der Waals surface area contributed by atoms with Crippen molar-refractivity contribution in [2.45, 2.75) is 30.7 Å². The highest BCUT2D eigenvalue weighted by atomic mass is 35.5. The largest absolute Gasteiger partial charge is 0.416 e. The molecule has 0 radical (unpaired) electrons. The van der Waals surface area contributed by atoms with Gasteiger partial charge in [0.2, 0.25) is 10.0 Å². The van der Waals surface area contributed by atoms with E-state index >= 15 is 0 Å². The Morgan fingerprint density at radius 2 is 1.68 bits per heavy atom. The lowest BCUT2D eigenvalue weighted by Crippen LogP contribution is -2.31. The van der Waals surface area contributed by atoms with E-state index in [1.54, 1.807) is 30.3 Å². The summed E-state index contributed by atoms with van der Waals surface area (Å²) in [6.45, 7) is 1.94. The average molecular weight is 507 g/mol. The van der Waals surface area contributed by atoms with Crippen LogP contribution in [0.4, 0.5) is 13.2 Å². The summed E-state index contributed by atoms with van der Waals surface area (Å²) in [5.74, 6) is -1.08. The van der Waals surface area contributed by atoms with Gasteiger partial charge in [-0.1, -0.05) is 61.0 Å². The van der Waals surface area contributed by atoms with E-state index in [9.17, 15) is 26.9 Å². The number of nitrogens with one attached hydrogen (secondary N) is 1. The lowest BCUT2D eigenvalue weighted by Gasteiger charge is -2.26. The summed E-state index contributed by atoms with van der Waals surface area (Å²) >= 11 is 5.99. The monoisotopic (exact) mass is 506 g/mol. The second kappa shape index (κ2) is 10.6. The molecule has 0 saturated carbocycles. The predicted octanol–water partition coefficient (Wildman–Crippen LogP) is 6.24. The van der Waals surface area contributed by atoms with Crippen molar-refractivity contribution >= 4 is 21.6 Å². The lowest BCUT2D eigenvalue weighted by molar-refractivity contribution is -0.137. The maximum atomic E-state index is 13.0. The molecule has 178 valence electrons. The summed E-state index contributed by atoms with van der Waals surface area (Å²) in [7, 11) is -3.94. The highest BCUT2D eigenvalue weighted by molar-refractivity contribution is 7.88. The van der Waals surface area contributed by atoms with E-state index in [-0.39, 0.29) is 23.9 Å². The van der Waals surface area contributed by atoms with Crippen LogP contribution in [0.3, 0.4) is 0 Å². The molecule has 3 rings (SSSR count). The number of halogens is 4. The average Bonchev–Trinajstić information content (AvgIpc) is 2.79. The molecular weight excluding hydrogens is 485 g/mol. The van der Waals surface area contributed by atoms with Gasteiger partial charge >= 0.3 is 6.18 Å². The standard InChI is InChI=1S/C25H22ClF3N2O2S/c1-17(20-8-10-23(26)11-9-20)24(21-6-2-4-18(12-21)14-30)15-31-34(32,33)16-19-5-3-7-22(13-19)25(27,28)29/h2-13,17,24,31H,15-16H2,1H3. The second-order valence-electron chi connectivity index (χ2n) is 7.99. The zero-order chi connectivity index (χ0) is 24.9. The number of benzene rings is 3. The van der Waals surface area contributed by atoms with Crippen LogP contribution in [-0.4, -0.2) is 15.0 Å². The normalized spacial score (nSPS) is 13.8. The van der Waals surface area contributed by atoms with E-state index in [2.05, 4.69) is 10.8 Å². The molecule has 0 amide bonds. The van der Waals surface area contributed by atoms with E-state index in [0.29, 0.717) is 10.6 Å². The number of nitriles is 1. The summed E-state index contributed by atoms with van der Waals surface area (Å²) < 4.78 is 67.0. The van der Waals surface area contributed by atoms with Gasteiger partial charge < -0.3 is 0 Å². The fraction of sp³-hybridized carbons (Fsp3) is 0.240. The molecule has 0 bridgehead atoms. The molecule has 4 nitrogen and oxygen atoms in total. The summed E-state index contributed by atoms with van der Waals surface area (Å²) in [5.41, 5.74) is 1.27. The molecule has 3 aromatic carbocycles. The zero-order valence-electron chi connectivity index (χ0n) is 18.2. The van der Waals surface area contributed by atoms with Crippen molar-refractivity contribution in [3.8, 4) is 6.07 Å². The third-order valence-corrected chi connectivity index (χ3v) is 7.15. The first-order valence-electron chi connectivity index (χ1n) is 10.4. The Hall–Kier alpha value is -2.86. The number of rotatable bonds is 8. The van der Waals surface area contributed by atoms with Gasteiger partial charge in [0.15, 0.2) is 0 Å². The van der Waals surface area contributed by atoms with Gasteiger partial charge in [-0.25, -0.2) is 13.1 Å². The molecule has 0 aliphatic carbocycles. The highest BCUT2D eigenvalue weighted by Crippen LogP contribution is 2.34. The maximum absolute atomic E-state index is 13.0. The molecule has 0 fully saturated rings. The minimum atomic E-state index is -4.56. The van der Waals surface area contributed by atoms with Crippen LogP contribution >= 0.6 is 11.6 Å². The molecule has 0 aliphatic rings. The molecule has 0 heterocycles. The van der Waals surface area contributed by atoms with E-state index < -0.39 is 27.5 Å². The molecule has 0 aliphatic heterocycles. The Morgan fingerprint density at radius 1 is 1.00 bits per heavy atom. The van der Waals surface area contributed by atoms with Gasteiger partial charge in [-0.15, -0.1) is 0 Å². The van der Waals surface area contributed by atoms with Crippen molar-refractivity contribution in [1.82, 2.24) is 4.72 Å². The summed E-state index contributed by atoms with van der Waals surface area (Å²) in [6, 6.07) is 20.5. The van der Waals surface area contributed by atoms with Crippen LogP contribution in [0.5, 0.6) is 0 Å². The van der Waals surface area contributed by atoms with Crippen LogP contribution in [0.15, 0.2) is 72.8 Å². The van der Waals surface area contributed by atoms with Gasteiger partial charge in [-0.05, 0) is 52.9 Å². The number of alkyl halides is 3. The summed E-state index contributed by atoms with van der Waals surface area (Å²) in [4.78, 5) is 0. The first-order valence-corrected chi connectivity index (χ1v) is 12.4. The van der Waals surface area contributed by atoms with E-state index in [1.165, 1.54) is 12.1 Å². The van der Waals surface area contributed by atoms with Crippen molar-refractivity contribution in [1.29, 1.82) is 5.26 Å². The van der Waals surface area contributed by atoms with Gasteiger partial charge in [-0.3, -0.25) is 0 Å². The summed E-state index contributed by atoms with van der Waals surface area (Å²) in [6.07, 6.45) is -4.56. The van der Waals surface area contributed by atoms with Gasteiger partial charge in [0, 0.05) is 17.5 Å². The topological polar surface area (TPSA) is 70.0 Å². The van der Waals surface area contributed by atoms with Crippen LogP contribution in [0.2, 0.25) is 5.02 Å². The van der Waals surface area contributed by atoms with Gasteiger partial charge in [0.25, 0.3) is 0 Å². The molecule has 0 aromatic heterocycles. The first kappa shape index (κ1) is 25.8. The van der Waals surface area contributed by atoms with E-state index in [0.717, 1.165) is 23.3 Å². The molecule has 2 unspecified atom stereocenters. The van der Waals surface area contributed by atoms with E-state index in [1.807, 2.05) is 25.1 Å². The van der Waals surface area contributed by atoms with Crippen molar-refractivity contribution < 1.29 is 21.6 Å². The van der Waals surface area contributed by atoms with Crippen LogP contribution in [-0.2, 0) is 22.0 Å². The molecule has 9 heteroatoms. The molecular formula is C25H22ClF3N2O2S. The Morgan fingerprint density at radius 3 is 2.32 bits per heavy atom. The first-order chi connectivity index (χ1) is 16.0. The van der Waals surface area contributed by atoms with Crippen molar-refractivity contribution in [2.75, 3.05) is 6.54 Å².